The van der Waals surface area contributed by atoms with Crippen LogP contribution in [0.2, 0.25) is 0 Å². The average molecular weight is 261 g/mol. The number of fused-ring (bicyclic) bond motifs is 1. The van der Waals surface area contributed by atoms with Gasteiger partial charge in [-0.1, -0.05) is 17.8 Å². The van der Waals surface area contributed by atoms with Crippen molar-refractivity contribution in [3.63, 3.8) is 0 Å². The van der Waals surface area contributed by atoms with Crippen LogP contribution in [-0.4, -0.2) is 17.4 Å². The van der Waals surface area contributed by atoms with Crippen LogP contribution < -0.4 is 11.1 Å². The van der Waals surface area contributed by atoms with Gasteiger partial charge in [0.05, 0.1) is 10.2 Å². The lowest BCUT2D eigenvalue weighted by Crippen LogP contribution is -2.32. The van der Waals surface area contributed by atoms with Crippen LogP contribution >= 0.6 is 11.3 Å². The van der Waals surface area contributed by atoms with Crippen LogP contribution in [-0.2, 0) is 0 Å². The molecule has 1 amide bonds. The molecule has 2 aromatic rings. The molecular formula is C13H15N3OS. The van der Waals surface area contributed by atoms with E-state index in [0.717, 1.165) is 16.8 Å². The number of hydrogen-bond donors (Lipinski definition) is 2. The summed E-state index contributed by atoms with van der Waals surface area (Å²) in [6, 6.07) is 5.51. The number of aromatic nitrogens is 1. The first kappa shape index (κ1) is 11.5. The third-order valence-electron chi connectivity index (χ3n) is 3.44. The SMILES string of the molecule is Nc1nc2ccc(C(=O)NCC3CCC3)cc2s1. The second-order valence-corrected chi connectivity index (χ2v) is 5.80. The Morgan fingerprint density at radius 2 is 2.33 bits per heavy atom. The Kier molecular flexibility index (Phi) is 2.91. The van der Waals surface area contributed by atoms with Crippen LogP contribution in [0, 0.1) is 5.92 Å². The smallest absolute Gasteiger partial charge is 0.251 e. The maximum absolute atomic E-state index is 12.0. The minimum atomic E-state index is -0.00392. The topological polar surface area (TPSA) is 68.0 Å². The zero-order valence-electron chi connectivity index (χ0n) is 9.98. The summed E-state index contributed by atoms with van der Waals surface area (Å²) in [4.78, 5) is 16.2. The number of nitrogens with zero attached hydrogens (tertiary/aromatic N) is 1. The number of nitrogens with two attached hydrogens (primary N) is 1. The van der Waals surface area contributed by atoms with E-state index in [2.05, 4.69) is 10.3 Å². The highest BCUT2D eigenvalue weighted by atomic mass is 32.1. The number of benzene rings is 1. The molecule has 0 saturated heterocycles. The monoisotopic (exact) mass is 261 g/mol. The minimum Gasteiger partial charge on any atom is -0.375 e. The Morgan fingerprint density at radius 1 is 1.50 bits per heavy atom. The Bertz CT molecular complexity index is 589. The molecule has 18 heavy (non-hydrogen) atoms. The van der Waals surface area contributed by atoms with E-state index in [4.69, 9.17) is 5.73 Å². The normalized spacial score (nSPS) is 15.6. The average Bonchev–Trinajstić information content (AvgIpc) is 2.65. The zero-order valence-corrected chi connectivity index (χ0v) is 10.8. The highest BCUT2D eigenvalue weighted by Crippen LogP contribution is 2.26. The van der Waals surface area contributed by atoms with E-state index in [1.165, 1.54) is 30.6 Å². The largest absolute Gasteiger partial charge is 0.375 e. The molecule has 1 aliphatic carbocycles. The lowest BCUT2D eigenvalue weighted by atomic mass is 9.85. The molecule has 0 bridgehead atoms. The number of amides is 1. The molecule has 1 fully saturated rings. The van der Waals surface area contributed by atoms with Gasteiger partial charge >= 0.3 is 0 Å². The summed E-state index contributed by atoms with van der Waals surface area (Å²) in [5.41, 5.74) is 7.19. The molecule has 4 nitrogen and oxygen atoms in total. The predicted octanol–water partition coefficient (Wildman–Crippen LogP) is 2.41. The van der Waals surface area contributed by atoms with Crippen molar-refractivity contribution in [1.29, 1.82) is 0 Å². The third-order valence-corrected chi connectivity index (χ3v) is 4.29. The molecule has 1 saturated carbocycles. The van der Waals surface area contributed by atoms with Crippen LogP contribution in [0.3, 0.4) is 0 Å². The van der Waals surface area contributed by atoms with Gasteiger partial charge in [-0.3, -0.25) is 4.79 Å². The fraction of sp³-hybridized carbons (Fsp3) is 0.385. The van der Waals surface area contributed by atoms with Crippen molar-refractivity contribution < 1.29 is 4.79 Å². The number of nitrogen functional groups attached to an aromatic ring is 1. The number of carbonyl (C=O) groups is 1. The van der Waals surface area contributed by atoms with E-state index < -0.39 is 0 Å². The summed E-state index contributed by atoms with van der Waals surface area (Å²) in [5, 5.41) is 3.53. The van der Waals surface area contributed by atoms with Crippen molar-refractivity contribution in [2.24, 2.45) is 5.92 Å². The van der Waals surface area contributed by atoms with E-state index in [1.54, 1.807) is 6.07 Å². The molecule has 94 valence electrons. The van der Waals surface area contributed by atoms with Crippen molar-refractivity contribution in [2.75, 3.05) is 12.3 Å². The maximum Gasteiger partial charge on any atom is 0.251 e. The van der Waals surface area contributed by atoms with Crippen molar-refractivity contribution in [3.05, 3.63) is 23.8 Å². The minimum absolute atomic E-state index is 0.00392. The van der Waals surface area contributed by atoms with Crippen LogP contribution in [0.25, 0.3) is 10.2 Å². The maximum atomic E-state index is 12.0. The van der Waals surface area contributed by atoms with E-state index in [0.29, 0.717) is 16.6 Å². The molecule has 3 N–H and O–H groups in total. The predicted molar refractivity (Wildman–Crippen MR) is 73.7 cm³/mol. The van der Waals surface area contributed by atoms with Gasteiger partial charge in [-0.15, -0.1) is 0 Å². The summed E-state index contributed by atoms with van der Waals surface area (Å²) in [6.45, 7) is 0.793. The molecule has 0 unspecified atom stereocenters. The van der Waals surface area contributed by atoms with Gasteiger partial charge in [-0.2, -0.15) is 0 Å². The first-order valence-corrected chi connectivity index (χ1v) is 6.98. The number of nitrogens with one attached hydrogen (secondary N) is 1. The first-order chi connectivity index (χ1) is 8.72. The van der Waals surface area contributed by atoms with Gasteiger partial charge in [0.2, 0.25) is 0 Å². The number of carbonyl (C=O) groups excluding carboxylic acids is 1. The fourth-order valence-corrected chi connectivity index (χ4v) is 2.89. The van der Waals surface area contributed by atoms with Crippen molar-refractivity contribution >= 4 is 32.6 Å². The van der Waals surface area contributed by atoms with Crippen LogP contribution in [0.15, 0.2) is 18.2 Å². The molecule has 0 atom stereocenters. The molecule has 3 rings (SSSR count). The lowest BCUT2D eigenvalue weighted by molar-refractivity contribution is 0.0939. The van der Waals surface area contributed by atoms with E-state index in [-0.39, 0.29) is 5.91 Å². The molecule has 1 heterocycles. The number of anilines is 1. The van der Waals surface area contributed by atoms with Gasteiger partial charge in [-0.05, 0) is 37.0 Å². The first-order valence-electron chi connectivity index (χ1n) is 6.16. The number of thiazole rings is 1. The standard InChI is InChI=1S/C13H15N3OS/c14-13-16-10-5-4-9(6-11(10)18-13)12(17)15-7-8-2-1-3-8/h4-6,8H,1-3,7H2,(H2,14,16)(H,15,17). The zero-order chi connectivity index (χ0) is 12.5. The van der Waals surface area contributed by atoms with Crippen LogP contribution in [0.1, 0.15) is 29.6 Å². The van der Waals surface area contributed by atoms with Crippen molar-refractivity contribution in [2.45, 2.75) is 19.3 Å². The Balaban J connectivity index is 1.73. The molecular weight excluding hydrogens is 246 g/mol. The summed E-state index contributed by atoms with van der Waals surface area (Å²) < 4.78 is 0.962. The summed E-state index contributed by atoms with van der Waals surface area (Å²) in [5.74, 6) is 0.674. The molecule has 0 spiro atoms. The molecule has 1 aromatic heterocycles. The molecule has 5 heteroatoms. The number of rotatable bonds is 3. The summed E-state index contributed by atoms with van der Waals surface area (Å²) in [6.07, 6.45) is 3.78. The molecule has 0 radical (unpaired) electrons. The Labute approximate surface area is 109 Å². The quantitative estimate of drug-likeness (QED) is 0.891. The summed E-state index contributed by atoms with van der Waals surface area (Å²) >= 11 is 1.41. The van der Waals surface area contributed by atoms with Gasteiger partial charge < -0.3 is 11.1 Å². The third kappa shape index (κ3) is 2.18. The van der Waals surface area contributed by atoms with E-state index in [9.17, 15) is 4.79 Å². The van der Waals surface area contributed by atoms with Crippen molar-refractivity contribution in [1.82, 2.24) is 10.3 Å². The second-order valence-electron chi connectivity index (χ2n) is 4.74. The highest BCUT2D eigenvalue weighted by Gasteiger charge is 2.18. The lowest BCUT2D eigenvalue weighted by Gasteiger charge is -2.25. The summed E-state index contributed by atoms with van der Waals surface area (Å²) in [7, 11) is 0. The van der Waals surface area contributed by atoms with E-state index in [1.807, 2.05) is 12.1 Å². The Hall–Kier alpha value is -1.62. The number of hydrogen-bond acceptors (Lipinski definition) is 4. The van der Waals surface area contributed by atoms with Gasteiger partial charge in [0, 0.05) is 12.1 Å². The van der Waals surface area contributed by atoms with Gasteiger partial charge in [0.15, 0.2) is 5.13 Å². The van der Waals surface area contributed by atoms with Crippen LogP contribution in [0.4, 0.5) is 5.13 Å². The fourth-order valence-electron chi connectivity index (χ4n) is 2.12. The van der Waals surface area contributed by atoms with E-state index >= 15 is 0 Å². The molecule has 1 aliphatic rings. The van der Waals surface area contributed by atoms with Crippen molar-refractivity contribution in [3.8, 4) is 0 Å². The van der Waals surface area contributed by atoms with Crippen LogP contribution in [0.5, 0.6) is 0 Å². The Morgan fingerprint density at radius 3 is 3.06 bits per heavy atom. The molecule has 0 aliphatic heterocycles. The highest BCUT2D eigenvalue weighted by molar-refractivity contribution is 7.22. The second kappa shape index (κ2) is 4.57. The van der Waals surface area contributed by atoms with Gasteiger partial charge in [0.25, 0.3) is 5.91 Å². The van der Waals surface area contributed by atoms with Gasteiger partial charge in [-0.25, -0.2) is 4.98 Å². The molecule has 1 aromatic carbocycles. The van der Waals surface area contributed by atoms with Gasteiger partial charge in [0.1, 0.15) is 0 Å².